The smallest absolute Gasteiger partial charge is 0.251 e. The Bertz CT molecular complexity index is 858. The van der Waals surface area contributed by atoms with E-state index in [0.717, 1.165) is 16.3 Å². The molecule has 24 heavy (non-hydrogen) atoms. The second-order valence-corrected chi connectivity index (χ2v) is 5.64. The van der Waals surface area contributed by atoms with Gasteiger partial charge in [-0.3, -0.25) is 4.79 Å². The average molecular weight is 323 g/mol. The third-order valence-corrected chi connectivity index (χ3v) is 3.97. The molecule has 122 valence electrons. The van der Waals surface area contributed by atoms with Crippen LogP contribution in [0.4, 0.5) is 4.39 Å². The molecule has 0 saturated carbocycles. The predicted octanol–water partition coefficient (Wildman–Crippen LogP) is 3.83. The number of aliphatic hydroxyl groups excluding tert-OH is 1. The highest BCUT2D eigenvalue weighted by Gasteiger charge is 2.12. The van der Waals surface area contributed by atoms with E-state index in [1.54, 1.807) is 6.07 Å². The molecule has 0 radical (unpaired) electrons. The summed E-state index contributed by atoms with van der Waals surface area (Å²) in [7, 11) is 0. The van der Waals surface area contributed by atoms with Crippen LogP contribution in [0, 0.1) is 5.82 Å². The van der Waals surface area contributed by atoms with Crippen LogP contribution in [0.5, 0.6) is 0 Å². The maximum atomic E-state index is 13.1. The molecule has 1 unspecified atom stereocenters. The normalized spacial score (nSPS) is 12.1. The van der Waals surface area contributed by atoms with Gasteiger partial charge in [-0.2, -0.15) is 0 Å². The third kappa shape index (κ3) is 3.60. The highest BCUT2D eigenvalue weighted by molar-refractivity contribution is 5.94. The predicted molar refractivity (Wildman–Crippen MR) is 92.3 cm³/mol. The number of rotatable bonds is 5. The number of nitrogens with one attached hydrogen (secondary N) is 1. The van der Waals surface area contributed by atoms with Crippen molar-refractivity contribution >= 4 is 16.7 Å². The molecule has 0 saturated heterocycles. The zero-order chi connectivity index (χ0) is 16.9. The Balaban J connectivity index is 1.63. The number of aliphatic hydroxyl groups is 1. The van der Waals surface area contributed by atoms with Crippen molar-refractivity contribution in [1.82, 2.24) is 5.32 Å². The van der Waals surface area contributed by atoms with Gasteiger partial charge < -0.3 is 10.4 Å². The molecule has 2 N–H and O–H groups in total. The van der Waals surface area contributed by atoms with Crippen molar-refractivity contribution in [3.05, 3.63) is 83.7 Å². The molecule has 3 nitrogen and oxygen atoms in total. The number of hydrogen-bond acceptors (Lipinski definition) is 2. The Labute approximate surface area is 139 Å². The molecule has 1 atom stereocenters. The van der Waals surface area contributed by atoms with Gasteiger partial charge in [0.15, 0.2) is 0 Å². The molecule has 3 rings (SSSR count). The highest BCUT2D eigenvalue weighted by Crippen LogP contribution is 2.25. The van der Waals surface area contributed by atoms with Gasteiger partial charge in [0, 0.05) is 12.1 Å². The first kappa shape index (κ1) is 16.1. The van der Waals surface area contributed by atoms with Gasteiger partial charge in [-0.05, 0) is 41.0 Å². The number of fused-ring (bicyclic) bond motifs is 1. The molecule has 0 aliphatic heterocycles. The van der Waals surface area contributed by atoms with Crippen molar-refractivity contribution in [1.29, 1.82) is 0 Å². The van der Waals surface area contributed by atoms with Gasteiger partial charge >= 0.3 is 0 Å². The molecular formula is C20H18FNO2. The lowest BCUT2D eigenvalue weighted by Crippen LogP contribution is -2.25. The monoisotopic (exact) mass is 323 g/mol. The number of hydrogen-bond donors (Lipinski definition) is 2. The molecule has 1 amide bonds. The summed E-state index contributed by atoms with van der Waals surface area (Å²) in [5, 5.41) is 15.2. The van der Waals surface area contributed by atoms with E-state index >= 15 is 0 Å². The van der Waals surface area contributed by atoms with E-state index in [2.05, 4.69) is 5.32 Å². The van der Waals surface area contributed by atoms with Crippen LogP contribution in [-0.4, -0.2) is 17.6 Å². The van der Waals surface area contributed by atoms with Crippen molar-refractivity contribution in [3.63, 3.8) is 0 Å². The number of benzene rings is 3. The summed E-state index contributed by atoms with van der Waals surface area (Å²) in [6.07, 6.45) is -0.293. The molecule has 0 heterocycles. The number of halogens is 1. The van der Waals surface area contributed by atoms with Gasteiger partial charge in [-0.15, -0.1) is 0 Å². The lowest BCUT2D eigenvalue weighted by atomic mass is 9.99. The maximum Gasteiger partial charge on any atom is 0.251 e. The Kier molecular flexibility index (Phi) is 4.87. The van der Waals surface area contributed by atoms with Crippen molar-refractivity contribution in [2.45, 2.75) is 12.5 Å². The standard InChI is InChI=1S/C20H18FNO2/c21-16-8-3-7-15(13-16)20(24)22-12-11-19(23)18-10-4-6-14-5-1-2-9-17(14)18/h1-10,13,19,23H,11-12H2,(H,22,24). The topological polar surface area (TPSA) is 49.3 Å². The van der Waals surface area contributed by atoms with Gasteiger partial charge in [0.1, 0.15) is 5.82 Å². The van der Waals surface area contributed by atoms with Gasteiger partial charge in [0.05, 0.1) is 6.10 Å². The Morgan fingerprint density at radius 1 is 1.04 bits per heavy atom. The van der Waals surface area contributed by atoms with E-state index < -0.39 is 11.9 Å². The van der Waals surface area contributed by atoms with E-state index in [1.807, 2.05) is 42.5 Å². The fourth-order valence-corrected chi connectivity index (χ4v) is 2.75. The second-order valence-electron chi connectivity index (χ2n) is 5.64. The van der Waals surface area contributed by atoms with E-state index in [9.17, 15) is 14.3 Å². The summed E-state index contributed by atoms with van der Waals surface area (Å²) in [6.45, 7) is 0.305. The van der Waals surface area contributed by atoms with Crippen molar-refractivity contribution < 1.29 is 14.3 Å². The van der Waals surface area contributed by atoms with E-state index in [1.165, 1.54) is 18.2 Å². The van der Waals surface area contributed by atoms with Crippen molar-refractivity contribution in [2.75, 3.05) is 6.54 Å². The summed E-state index contributed by atoms with van der Waals surface area (Å²) in [6, 6.07) is 19.2. The second kappa shape index (κ2) is 7.23. The lowest BCUT2D eigenvalue weighted by molar-refractivity contribution is 0.0942. The van der Waals surface area contributed by atoms with Crippen LogP contribution in [0.15, 0.2) is 66.7 Å². The summed E-state index contributed by atoms with van der Waals surface area (Å²) >= 11 is 0. The van der Waals surface area contributed by atoms with Crippen LogP contribution >= 0.6 is 0 Å². The highest BCUT2D eigenvalue weighted by atomic mass is 19.1. The molecule has 0 aromatic heterocycles. The first-order valence-corrected chi connectivity index (χ1v) is 7.84. The molecule has 0 fully saturated rings. The molecule has 0 bridgehead atoms. The molecular weight excluding hydrogens is 305 g/mol. The maximum absolute atomic E-state index is 13.1. The minimum absolute atomic E-state index is 0.273. The van der Waals surface area contributed by atoms with Crippen molar-refractivity contribution in [3.8, 4) is 0 Å². The minimum atomic E-state index is -0.677. The first-order valence-electron chi connectivity index (χ1n) is 7.84. The molecule has 0 aliphatic carbocycles. The summed E-state index contributed by atoms with van der Waals surface area (Å²) in [5.74, 6) is -0.793. The summed E-state index contributed by atoms with van der Waals surface area (Å²) in [5.41, 5.74) is 1.11. The van der Waals surface area contributed by atoms with Gasteiger partial charge in [0.25, 0.3) is 5.91 Å². The molecule has 0 spiro atoms. The van der Waals surface area contributed by atoms with Gasteiger partial charge in [-0.25, -0.2) is 4.39 Å². The number of carbonyl (C=O) groups is 1. The fourth-order valence-electron chi connectivity index (χ4n) is 2.75. The number of carbonyl (C=O) groups excluding carboxylic acids is 1. The summed E-state index contributed by atoms with van der Waals surface area (Å²) in [4.78, 5) is 12.0. The fraction of sp³-hybridized carbons (Fsp3) is 0.150. The lowest BCUT2D eigenvalue weighted by Gasteiger charge is -2.14. The minimum Gasteiger partial charge on any atom is -0.388 e. The average Bonchev–Trinajstić information content (AvgIpc) is 2.61. The van der Waals surface area contributed by atoms with E-state index in [4.69, 9.17) is 0 Å². The third-order valence-electron chi connectivity index (χ3n) is 3.97. The molecule has 4 heteroatoms. The van der Waals surface area contributed by atoms with Crippen LogP contribution in [0.1, 0.15) is 28.4 Å². The van der Waals surface area contributed by atoms with Crippen LogP contribution in [0.2, 0.25) is 0 Å². The quantitative estimate of drug-likeness (QED) is 0.749. The Hall–Kier alpha value is -2.72. The Morgan fingerprint density at radius 2 is 1.79 bits per heavy atom. The van der Waals surface area contributed by atoms with Gasteiger partial charge in [0.2, 0.25) is 0 Å². The van der Waals surface area contributed by atoms with Crippen LogP contribution < -0.4 is 5.32 Å². The first-order chi connectivity index (χ1) is 11.6. The van der Waals surface area contributed by atoms with Crippen molar-refractivity contribution in [2.24, 2.45) is 0 Å². The summed E-state index contributed by atoms with van der Waals surface area (Å²) < 4.78 is 13.1. The van der Waals surface area contributed by atoms with Crippen LogP contribution in [0.25, 0.3) is 10.8 Å². The zero-order valence-electron chi connectivity index (χ0n) is 13.1. The molecule has 3 aromatic carbocycles. The van der Waals surface area contributed by atoms with Crippen LogP contribution in [0.3, 0.4) is 0 Å². The molecule has 3 aromatic rings. The number of amides is 1. The largest absolute Gasteiger partial charge is 0.388 e. The zero-order valence-corrected chi connectivity index (χ0v) is 13.1. The van der Waals surface area contributed by atoms with E-state index in [0.29, 0.717) is 13.0 Å². The SMILES string of the molecule is O=C(NCCC(O)c1cccc2ccccc12)c1cccc(F)c1. The molecule has 0 aliphatic rings. The van der Waals surface area contributed by atoms with E-state index in [-0.39, 0.29) is 11.5 Å². The van der Waals surface area contributed by atoms with Gasteiger partial charge in [-0.1, -0.05) is 48.5 Å². The van der Waals surface area contributed by atoms with Crippen LogP contribution in [-0.2, 0) is 0 Å². The Morgan fingerprint density at radius 3 is 2.62 bits per heavy atom.